The molecule has 0 bridgehead atoms. The Hall–Kier alpha value is -2.76. The highest BCUT2D eigenvalue weighted by atomic mass is 19.1. The molecule has 2 aromatic carbocycles. The van der Waals surface area contributed by atoms with E-state index in [-0.39, 0.29) is 23.6 Å². The van der Waals surface area contributed by atoms with Crippen LogP contribution >= 0.6 is 0 Å². The Kier molecular flexibility index (Phi) is 5.01. The van der Waals surface area contributed by atoms with Crippen molar-refractivity contribution in [2.24, 2.45) is 0 Å². The number of amides is 1. The van der Waals surface area contributed by atoms with Gasteiger partial charge in [0.2, 0.25) is 5.91 Å². The van der Waals surface area contributed by atoms with Crippen LogP contribution in [0.25, 0.3) is 11.0 Å². The fraction of sp³-hybridized carbons (Fsp3) is 0.417. The summed E-state index contributed by atoms with van der Waals surface area (Å²) in [5.41, 5.74) is 2.56. The molecule has 156 valence electrons. The van der Waals surface area contributed by atoms with E-state index >= 15 is 0 Å². The normalized spacial score (nSPS) is 18.0. The molecule has 30 heavy (non-hydrogen) atoms. The van der Waals surface area contributed by atoms with E-state index in [1.54, 1.807) is 12.1 Å². The first kappa shape index (κ1) is 19.2. The van der Waals surface area contributed by atoms with Gasteiger partial charge in [0.25, 0.3) is 0 Å². The number of piperidine rings is 1. The number of rotatable bonds is 4. The first-order chi connectivity index (χ1) is 14.6. The van der Waals surface area contributed by atoms with Crippen molar-refractivity contribution in [2.45, 2.75) is 50.5 Å². The molecule has 2 heterocycles. The monoisotopic (exact) mass is 409 g/mol. The van der Waals surface area contributed by atoms with Crippen LogP contribution in [0, 0.1) is 11.6 Å². The second kappa shape index (κ2) is 7.82. The third kappa shape index (κ3) is 3.59. The summed E-state index contributed by atoms with van der Waals surface area (Å²) < 4.78 is 29.1. The van der Waals surface area contributed by atoms with Crippen LogP contribution in [0.1, 0.15) is 55.5 Å². The highest BCUT2D eigenvalue weighted by Crippen LogP contribution is 2.40. The molecule has 1 saturated carbocycles. The van der Waals surface area contributed by atoms with Gasteiger partial charge in [-0.1, -0.05) is 18.6 Å². The second-order valence-corrected chi connectivity index (χ2v) is 8.52. The molecule has 6 heteroatoms. The van der Waals surface area contributed by atoms with Crippen molar-refractivity contribution in [3.05, 3.63) is 65.5 Å². The van der Waals surface area contributed by atoms with E-state index < -0.39 is 0 Å². The number of halogens is 2. The number of nitrogens with zero attached hydrogens (tertiary/aromatic N) is 3. The molecule has 0 atom stereocenters. The molecule has 1 saturated heterocycles. The van der Waals surface area contributed by atoms with Gasteiger partial charge in [-0.25, -0.2) is 13.8 Å². The summed E-state index contributed by atoms with van der Waals surface area (Å²) in [6.07, 6.45) is 5.52. The van der Waals surface area contributed by atoms with Gasteiger partial charge in [-0.15, -0.1) is 0 Å². The van der Waals surface area contributed by atoms with Crippen molar-refractivity contribution in [2.75, 3.05) is 13.1 Å². The zero-order chi connectivity index (χ0) is 20.7. The second-order valence-electron chi connectivity index (χ2n) is 8.52. The van der Waals surface area contributed by atoms with Crippen LogP contribution in [-0.2, 0) is 11.2 Å². The van der Waals surface area contributed by atoms with E-state index in [0.717, 1.165) is 48.1 Å². The number of fused-ring (bicyclic) bond motifs is 1. The average molecular weight is 409 g/mol. The summed E-state index contributed by atoms with van der Waals surface area (Å²) in [4.78, 5) is 19.4. The lowest BCUT2D eigenvalue weighted by atomic mass is 9.84. The molecule has 5 rings (SSSR count). The van der Waals surface area contributed by atoms with Crippen molar-refractivity contribution in [3.63, 3.8) is 0 Å². The van der Waals surface area contributed by atoms with Gasteiger partial charge < -0.3 is 9.47 Å². The molecular weight excluding hydrogens is 384 g/mol. The summed E-state index contributed by atoms with van der Waals surface area (Å²) in [5, 5.41) is 0. The summed E-state index contributed by atoms with van der Waals surface area (Å²) in [6.45, 7) is 1.38. The number of carbonyl (C=O) groups is 1. The van der Waals surface area contributed by atoms with Crippen molar-refractivity contribution in [3.8, 4) is 0 Å². The summed E-state index contributed by atoms with van der Waals surface area (Å²) in [6, 6.07) is 11.3. The third-order valence-corrected chi connectivity index (χ3v) is 6.60. The molecule has 1 amide bonds. The maximum absolute atomic E-state index is 13.7. The number of likely N-dealkylation sites (tertiary alicyclic amines) is 1. The first-order valence-corrected chi connectivity index (χ1v) is 10.8. The van der Waals surface area contributed by atoms with Gasteiger partial charge in [-0.05, 0) is 55.5 Å². The summed E-state index contributed by atoms with van der Waals surface area (Å²) >= 11 is 0. The lowest BCUT2D eigenvalue weighted by Crippen LogP contribution is -2.40. The maximum atomic E-state index is 13.7. The van der Waals surface area contributed by atoms with Crippen LogP contribution in [0.4, 0.5) is 8.78 Å². The van der Waals surface area contributed by atoms with E-state index in [0.29, 0.717) is 25.4 Å². The van der Waals surface area contributed by atoms with Gasteiger partial charge in [0, 0.05) is 31.1 Å². The van der Waals surface area contributed by atoms with E-state index in [1.807, 2.05) is 11.0 Å². The number of imidazole rings is 1. The zero-order valence-electron chi connectivity index (χ0n) is 16.9. The number of benzene rings is 2. The van der Waals surface area contributed by atoms with Gasteiger partial charge >= 0.3 is 0 Å². The zero-order valence-corrected chi connectivity index (χ0v) is 16.9. The van der Waals surface area contributed by atoms with Gasteiger partial charge in [0.15, 0.2) is 0 Å². The lowest BCUT2D eigenvalue weighted by Gasteiger charge is -2.35. The van der Waals surface area contributed by atoms with Crippen LogP contribution in [0.5, 0.6) is 0 Å². The van der Waals surface area contributed by atoms with Crippen LogP contribution in [0.15, 0.2) is 42.5 Å². The largest absolute Gasteiger partial charge is 0.342 e. The molecule has 0 unspecified atom stereocenters. The fourth-order valence-electron chi connectivity index (χ4n) is 4.69. The average Bonchev–Trinajstić information content (AvgIpc) is 3.06. The number of carbonyl (C=O) groups excluding carboxylic acids is 1. The van der Waals surface area contributed by atoms with E-state index in [4.69, 9.17) is 4.98 Å². The molecule has 1 aliphatic heterocycles. The SMILES string of the molecule is O=C(Cc1ccc(F)cc1)N1CCC(n2c(C3CCC3)nc3cc(F)ccc32)CC1. The number of hydrogen-bond donors (Lipinski definition) is 0. The van der Waals surface area contributed by atoms with E-state index in [9.17, 15) is 13.6 Å². The predicted molar refractivity (Wildman–Crippen MR) is 111 cm³/mol. The Labute approximate surface area is 174 Å². The van der Waals surface area contributed by atoms with Crippen LogP contribution < -0.4 is 0 Å². The molecule has 2 aliphatic rings. The first-order valence-electron chi connectivity index (χ1n) is 10.8. The molecule has 0 N–H and O–H groups in total. The minimum absolute atomic E-state index is 0.0804. The lowest BCUT2D eigenvalue weighted by molar-refractivity contribution is -0.131. The molecule has 3 aromatic rings. The smallest absolute Gasteiger partial charge is 0.226 e. The Morgan fingerprint density at radius 1 is 0.967 bits per heavy atom. The van der Waals surface area contributed by atoms with Crippen molar-refractivity contribution in [1.82, 2.24) is 14.5 Å². The Balaban J connectivity index is 1.32. The minimum atomic E-state index is -0.290. The van der Waals surface area contributed by atoms with Crippen LogP contribution in [-0.4, -0.2) is 33.4 Å². The van der Waals surface area contributed by atoms with Crippen molar-refractivity contribution < 1.29 is 13.6 Å². The molecular formula is C24H25F2N3O. The van der Waals surface area contributed by atoms with Crippen molar-refractivity contribution >= 4 is 16.9 Å². The molecule has 2 fully saturated rings. The van der Waals surface area contributed by atoms with Gasteiger partial charge in [-0.2, -0.15) is 0 Å². The predicted octanol–water partition coefficient (Wildman–Crippen LogP) is 4.99. The Morgan fingerprint density at radius 2 is 1.67 bits per heavy atom. The van der Waals surface area contributed by atoms with Gasteiger partial charge in [0.1, 0.15) is 17.5 Å². The molecule has 4 nitrogen and oxygen atoms in total. The topological polar surface area (TPSA) is 38.1 Å². The number of aromatic nitrogens is 2. The Morgan fingerprint density at radius 3 is 2.33 bits per heavy atom. The summed E-state index contributed by atoms with van der Waals surface area (Å²) in [5.74, 6) is 1.07. The third-order valence-electron chi connectivity index (χ3n) is 6.60. The number of hydrogen-bond acceptors (Lipinski definition) is 2. The van der Waals surface area contributed by atoms with E-state index in [2.05, 4.69) is 4.57 Å². The summed E-state index contributed by atoms with van der Waals surface area (Å²) in [7, 11) is 0. The van der Waals surface area contributed by atoms with Crippen molar-refractivity contribution in [1.29, 1.82) is 0 Å². The highest BCUT2D eigenvalue weighted by molar-refractivity contribution is 5.79. The molecule has 1 aliphatic carbocycles. The van der Waals surface area contributed by atoms with Crippen LogP contribution in [0.2, 0.25) is 0 Å². The molecule has 0 radical (unpaired) electrons. The Bertz CT molecular complexity index is 1060. The van der Waals surface area contributed by atoms with Gasteiger partial charge in [0.05, 0.1) is 17.5 Å². The maximum Gasteiger partial charge on any atom is 0.226 e. The molecule has 0 spiro atoms. The molecule has 1 aromatic heterocycles. The standard InChI is InChI=1S/C24H25F2N3O/c25-18-6-4-16(5-7-18)14-23(30)28-12-10-20(11-13-28)29-22-9-8-19(26)15-21(22)27-24(29)17-2-1-3-17/h4-9,15,17,20H,1-3,10-14H2. The van der Waals surface area contributed by atoms with Gasteiger partial charge in [-0.3, -0.25) is 4.79 Å². The quantitative estimate of drug-likeness (QED) is 0.609. The fourth-order valence-corrected chi connectivity index (χ4v) is 4.69. The highest BCUT2D eigenvalue weighted by Gasteiger charge is 2.31. The van der Waals surface area contributed by atoms with Crippen LogP contribution in [0.3, 0.4) is 0 Å². The van der Waals surface area contributed by atoms with E-state index in [1.165, 1.54) is 30.7 Å². The minimum Gasteiger partial charge on any atom is -0.342 e.